The van der Waals surface area contributed by atoms with E-state index in [1.54, 1.807) is 31.0 Å². The summed E-state index contributed by atoms with van der Waals surface area (Å²) in [4.78, 5) is 11.6. The zero-order chi connectivity index (χ0) is 14.1. The van der Waals surface area contributed by atoms with E-state index in [4.69, 9.17) is 10.00 Å². The highest BCUT2D eigenvalue weighted by atomic mass is 32.2. The number of carbonyl (C=O) groups excluding carboxylic acids is 1. The molecule has 1 atom stereocenters. The van der Waals surface area contributed by atoms with Crippen molar-refractivity contribution in [3.8, 4) is 6.07 Å². The molecule has 0 aliphatic carbocycles. The number of nitrogens with one attached hydrogen (secondary N) is 1. The van der Waals surface area contributed by atoms with E-state index in [9.17, 15) is 4.79 Å². The van der Waals surface area contributed by atoms with E-state index in [0.717, 1.165) is 11.3 Å². The highest BCUT2D eigenvalue weighted by molar-refractivity contribution is 7.99. The standard InChI is InChI=1S/C14H18N2O2S/c1-11(8-18-2)16-14(17)10-19-9-13-5-3-12(7-15)4-6-13/h3-6,11H,8-10H2,1-2H3,(H,16,17)/t11-/m0/s1. The third-order valence-electron chi connectivity index (χ3n) is 2.41. The second kappa shape index (κ2) is 8.57. The van der Waals surface area contributed by atoms with E-state index < -0.39 is 0 Å². The first-order chi connectivity index (χ1) is 9.15. The van der Waals surface area contributed by atoms with Crippen LogP contribution in [0.3, 0.4) is 0 Å². The Balaban J connectivity index is 2.26. The number of ether oxygens (including phenoxy) is 1. The summed E-state index contributed by atoms with van der Waals surface area (Å²) in [5, 5.41) is 11.5. The van der Waals surface area contributed by atoms with E-state index >= 15 is 0 Å². The molecular formula is C14H18N2O2S. The van der Waals surface area contributed by atoms with Crippen LogP contribution in [0.15, 0.2) is 24.3 Å². The van der Waals surface area contributed by atoms with Gasteiger partial charge in [-0.1, -0.05) is 12.1 Å². The lowest BCUT2D eigenvalue weighted by Gasteiger charge is -2.12. The van der Waals surface area contributed by atoms with E-state index in [0.29, 0.717) is 17.9 Å². The Bertz CT molecular complexity index is 440. The molecular weight excluding hydrogens is 260 g/mol. The lowest BCUT2D eigenvalue weighted by molar-refractivity contribution is -0.119. The van der Waals surface area contributed by atoms with E-state index in [2.05, 4.69) is 11.4 Å². The zero-order valence-corrected chi connectivity index (χ0v) is 12.0. The first-order valence-electron chi connectivity index (χ1n) is 6.00. The molecule has 0 saturated carbocycles. The maximum atomic E-state index is 11.6. The van der Waals surface area contributed by atoms with Crippen LogP contribution in [0, 0.1) is 11.3 Å². The molecule has 0 heterocycles. The first-order valence-corrected chi connectivity index (χ1v) is 7.16. The van der Waals surface area contributed by atoms with Gasteiger partial charge in [-0.2, -0.15) is 5.26 Å². The molecule has 102 valence electrons. The average molecular weight is 278 g/mol. The van der Waals surface area contributed by atoms with Crippen molar-refractivity contribution in [3.63, 3.8) is 0 Å². The second-order valence-corrected chi connectivity index (χ2v) is 5.21. The molecule has 1 aromatic carbocycles. The highest BCUT2D eigenvalue weighted by Crippen LogP contribution is 2.12. The number of carbonyl (C=O) groups is 1. The van der Waals surface area contributed by atoms with Crippen LogP contribution < -0.4 is 5.32 Å². The number of rotatable bonds is 7. The number of thioether (sulfide) groups is 1. The monoisotopic (exact) mass is 278 g/mol. The molecule has 0 unspecified atom stereocenters. The lowest BCUT2D eigenvalue weighted by Crippen LogP contribution is -2.36. The van der Waals surface area contributed by atoms with E-state index in [1.807, 2.05) is 19.1 Å². The van der Waals surface area contributed by atoms with Crippen LogP contribution in [0.2, 0.25) is 0 Å². The Kier molecular flexibility index (Phi) is 7.01. The Hall–Kier alpha value is -1.51. The van der Waals surface area contributed by atoms with Gasteiger partial charge in [0.25, 0.3) is 0 Å². The molecule has 1 N–H and O–H groups in total. The quantitative estimate of drug-likeness (QED) is 0.828. The maximum Gasteiger partial charge on any atom is 0.230 e. The molecule has 0 aliphatic heterocycles. The van der Waals surface area contributed by atoms with Crippen LogP contribution in [0.1, 0.15) is 18.1 Å². The Labute approximate surface area is 118 Å². The Morgan fingerprint density at radius 3 is 2.74 bits per heavy atom. The number of hydrogen-bond acceptors (Lipinski definition) is 4. The predicted octanol–water partition coefficient (Wildman–Crippen LogP) is 1.94. The van der Waals surface area contributed by atoms with Gasteiger partial charge in [-0.25, -0.2) is 0 Å². The third-order valence-corrected chi connectivity index (χ3v) is 3.41. The number of benzene rings is 1. The van der Waals surface area contributed by atoms with Crippen LogP contribution in [0.4, 0.5) is 0 Å². The zero-order valence-electron chi connectivity index (χ0n) is 11.2. The van der Waals surface area contributed by atoms with E-state index in [1.165, 1.54) is 0 Å². The Morgan fingerprint density at radius 2 is 2.16 bits per heavy atom. The minimum atomic E-state index is 0.0168. The summed E-state index contributed by atoms with van der Waals surface area (Å²) in [6.45, 7) is 2.43. The molecule has 19 heavy (non-hydrogen) atoms. The highest BCUT2D eigenvalue weighted by Gasteiger charge is 2.06. The van der Waals surface area contributed by atoms with Gasteiger partial charge in [-0.15, -0.1) is 11.8 Å². The molecule has 1 amide bonds. The van der Waals surface area contributed by atoms with Crippen molar-refractivity contribution in [2.75, 3.05) is 19.5 Å². The fraction of sp³-hybridized carbons (Fsp3) is 0.429. The third kappa shape index (κ3) is 6.27. The summed E-state index contributed by atoms with van der Waals surface area (Å²) >= 11 is 1.55. The molecule has 0 fully saturated rings. The molecule has 0 saturated heterocycles. The smallest absolute Gasteiger partial charge is 0.230 e. The van der Waals surface area contributed by atoms with Gasteiger partial charge < -0.3 is 10.1 Å². The van der Waals surface area contributed by atoms with Crippen LogP contribution in [-0.4, -0.2) is 31.4 Å². The minimum absolute atomic E-state index is 0.0168. The van der Waals surface area contributed by atoms with Gasteiger partial charge in [0.15, 0.2) is 0 Å². The molecule has 4 nitrogen and oxygen atoms in total. The number of nitriles is 1. The molecule has 0 bridgehead atoms. The predicted molar refractivity (Wildman–Crippen MR) is 76.8 cm³/mol. The molecule has 0 aliphatic rings. The van der Waals surface area contributed by atoms with Crippen molar-refractivity contribution in [1.29, 1.82) is 5.26 Å². The molecule has 5 heteroatoms. The molecule has 0 aromatic heterocycles. The SMILES string of the molecule is COC[C@H](C)NC(=O)CSCc1ccc(C#N)cc1. The average Bonchev–Trinajstić information content (AvgIpc) is 2.39. The largest absolute Gasteiger partial charge is 0.383 e. The fourth-order valence-electron chi connectivity index (χ4n) is 1.55. The van der Waals surface area contributed by atoms with Gasteiger partial charge in [0.2, 0.25) is 5.91 Å². The molecule has 1 rings (SSSR count). The van der Waals surface area contributed by atoms with Crippen LogP contribution in [0.25, 0.3) is 0 Å². The molecule has 1 aromatic rings. The van der Waals surface area contributed by atoms with Gasteiger partial charge in [-0.3, -0.25) is 4.79 Å². The van der Waals surface area contributed by atoms with Crippen molar-refractivity contribution < 1.29 is 9.53 Å². The van der Waals surface area contributed by atoms with Crippen LogP contribution >= 0.6 is 11.8 Å². The number of methoxy groups -OCH3 is 1. The minimum Gasteiger partial charge on any atom is -0.383 e. The summed E-state index contributed by atoms with van der Waals surface area (Å²) in [6.07, 6.45) is 0. The van der Waals surface area contributed by atoms with Crippen molar-refractivity contribution in [1.82, 2.24) is 5.32 Å². The fourth-order valence-corrected chi connectivity index (χ4v) is 2.34. The van der Waals surface area contributed by atoms with Crippen molar-refractivity contribution in [3.05, 3.63) is 35.4 Å². The summed E-state index contributed by atoms with van der Waals surface area (Å²) in [6, 6.07) is 9.52. The van der Waals surface area contributed by atoms with Crippen molar-refractivity contribution in [2.24, 2.45) is 0 Å². The first kappa shape index (κ1) is 15.5. The van der Waals surface area contributed by atoms with Gasteiger partial charge in [-0.05, 0) is 24.6 Å². The number of amides is 1. The molecule has 0 spiro atoms. The van der Waals surface area contributed by atoms with Gasteiger partial charge >= 0.3 is 0 Å². The summed E-state index contributed by atoms with van der Waals surface area (Å²) in [5.74, 6) is 1.20. The topological polar surface area (TPSA) is 62.1 Å². The summed E-state index contributed by atoms with van der Waals surface area (Å²) in [5.41, 5.74) is 1.77. The van der Waals surface area contributed by atoms with Gasteiger partial charge in [0, 0.05) is 18.9 Å². The van der Waals surface area contributed by atoms with E-state index in [-0.39, 0.29) is 11.9 Å². The second-order valence-electron chi connectivity index (χ2n) is 4.23. The number of hydrogen-bond donors (Lipinski definition) is 1. The summed E-state index contributed by atoms with van der Waals surface area (Å²) < 4.78 is 4.95. The molecule has 0 radical (unpaired) electrons. The van der Waals surface area contributed by atoms with Crippen molar-refractivity contribution in [2.45, 2.75) is 18.7 Å². The van der Waals surface area contributed by atoms with Crippen LogP contribution in [-0.2, 0) is 15.3 Å². The van der Waals surface area contributed by atoms with Crippen LogP contribution in [0.5, 0.6) is 0 Å². The number of nitrogens with zero attached hydrogens (tertiary/aromatic N) is 1. The van der Waals surface area contributed by atoms with Gasteiger partial charge in [0.05, 0.1) is 24.0 Å². The van der Waals surface area contributed by atoms with Gasteiger partial charge in [0.1, 0.15) is 0 Å². The summed E-state index contributed by atoms with van der Waals surface area (Å²) in [7, 11) is 1.61. The van der Waals surface area contributed by atoms with Crippen molar-refractivity contribution >= 4 is 17.7 Å². The Morgan fingerprint density at radius 1 is 1.47 bits per heavy atom. The maximum absolute atomic E-state index is 11.6. The lowest BCUT2D eigenvalue weighted by atomic mass is 10.2. The normalized spacial score (nSPS) is 11.6.